The van der Waals surface area contributed by atoms with E-state index in [4.69, 9.17) is 10.5 Å². The summed E-state index contributed by atoms with van der Waals surface area (Å²) in [7, 11) is 1.57. The number of carbonyl (C=O) groups excluding carboxylic acids is 1. The third-order valence-electron chi connectivity index (χ3n) is 3.18. The number of hydrogen-bond donors (Lipinski definition) is 1. The molecule has 1 aliphatic rings. The molecule has 1 saturated heterocycles. The van der Waals surface area contributed by atoms with Crippen molar-refractivity contribution in [2.24, 2.45) is 0 Å². The lowest BCUT2D eigenvalue weighted by Crippen LogP contribution is -2.44. The van der Waals surface area contributed by atoms with Gasteiger partial charge in [-0.15, -0.1) is 0 Å². The number of nitrogens with zero attached hydrogens (tertiary/aromatic N) is 1. The maximum absolute atomic E-state index is 12.5. The second kappa shape index (κ2) is 5.74. The van der Waals surface area contributed by atoms with E-state index in [0.29, 0.717) is 27.5 Å². The zero-order chi connectivity index (χ0) is 14.0. The number of nitrogen functional groups attached to an aromatic ring is 1. The minimum atomic E-state index is 0.0494. The van der Waals surface area contributed by atoms with Crippen molar-refractivity contribution in [3.8, 4) is 5.75 Å². The Kier molecular flexibility index (Phi) is 4.24. The van der Waals surface area contributed by atoms with Gasteiger partial charge in [-0.05, 0) is 18.2 Å². The SMILES string of the molecule is COc1ccc(C(=O)N2CC(C)SC(C)C2)cc1N. The van der Waals surface area contributed by atoms with Crippen molar-refractivity contribution in [3.63, 3.8) is 0 Å². The van der Waals surface area contributed by atoms with E-state index in [9.17, 15) is 4.79 Å². The highest BCUT2D eigenvalue weighted by Crippen LogP contribution is 2.27. The molecule has 104 valence electrons. The Hall–Kier alpha value is -1.36. The van der Waals surface area contributed by atoms with E-state index >= 15 is 0 Å². The van der Waals surface area contributed by atoms with Crippen LogP contribution >= 0.6 is 11.8 Å². The minimum Gasteiger partial charge on any atom is -0.495 e. The molecule has 2 atom stereocenters. The van der Waals surface area contributed by atoms with Crippen LogP contribution in [0.1, 0.15) is 24.2 Å². The summed E-state index contributed by atoms with van der Waals surface area (Å²) in [5, 5.41) is 0.951. The fourth-order valence-corrected chi connectivity index (χ4v) is 3.72. The zero-order valence-corrected chi connectivity index (χ0v) is 12.4. The molecule has 2 rings (SSSR count). The Morgan fingerprint density at radius 2 is 2.00 bits per heavy atom. The Labute approximate surface area is 118 Å². The summed E-state index contributed by atoms with van der Waals surface area (Å²) < 4.78 is 5.11. The van der Waals surface area contributed by atoms with Gasteiger partial charge in [0, 0.05) is 29.2 Å². The molecule has 1 aliphatic heterocycles. The Bertz CT molecular complexity index is 469. The molecule has 1 amide bonds. The van der Waals surface area contributed by atoms with Gasteiger partial charge in [-0.25, -0.2) is 0 Å². The number of carbonyl (C=O) groups is 1. The van der Waals surface area contributed by atoms with Gasteiger partial charge in [-0.1, -0.05) is 13.8 Å². The van der Waals surface area contributed by atoms with Crippen LogP contribution in [0, 0.1) is 0 Å². The Morgan fingerprint density at radius 1 is 1.37 bits per heavy atom. The van der Waals surface area contributed by atoms with Crippen LogP contribution in [-0.4, -0.2) is 41.5 Å². The molecular weight excluding hydrogens is 260 g/mol. The first-order valence-electron chi connectivity index (χ1n) is 6.39. The van der Waals surface area contributed by atoms with Crippen LogP contribution in [0.2, 0.25) is 0 Å². The smallest absolute Gasteiger partial charge is 0.254 e. The van der Waals surface area contributed by atoms with E-state index in [-0.39, 0.29) is 5.91 Å². The molecule has 1 heterocycles. The third-order valence-corrected chi connectivity index (χ3v) is 4.41. The van der Waals surface area contributed by atoms with Gasteiger partial charge in [0.05, 0.1) is 12.8 Å². The number of rotatable bonds is 2. The Morgan fingerprint density at radius 3 is 2.53 bits per heavy atom. The maximum atomic E-state index is 12.5. The third kappa shape index (κ3) is 3.15. The van der Waals surface area contributed by atoms with Crippen LogP contribution in [-0.2, 0) is 0 Å². The summed E-state index contributed by atoms with van der Waals surface area (Å²) in [6, 6.07) is 5.21. The van der Waals surface area contributed by atoms with Crippen molar-refractivity contribution in [2.45, 2.75) is 24.3 Å². The number of ether oxygens (including phenoxy) is 1. The van der Waals surface area contributed by atoms with Crippen molar-refractivity contribution in [2.75, 3.05) is 25.9 Å². The number of amides is 1. The lowest BCUT2D eigenvalue weighted by Gasteiger charge is -2.34. The van der Waals surface area contributed by atoms with Gasteiger partial charge in [0.2, 0.25) is 0 Å². The molecule has 19 heavy (non-hydrogen) atoms. The first-order valence-corrected chi connectivity index (χ1v) is 7.33. The highest BCUT2D eigenvalue weighted by molar-refractivity contribution is 8.00. The zero-order valence-electron chi connectivity index (χ0n) is 11.6. The Balaban J connectivity index is 2.17. The number of methoxy groups -OCH3 is 1. The minimum absolute atomic E-state index is 0.0494. The summed E-state index contributed by atoms with van der Waals surface area (Å²) in [4.78, 5) is 14.4. The summed E-state index contributed by atoms with van der Waals surface area (Å²) in [6.07, 6.45) is 0. The van der Waals surface area contributed by atoms with Gasteiger partial charge in [0.1, 0.15) is 5.75 Å². The molecule has 0 spiro atoms. The van der Waals surface area contributed by atoms with Gasteiger partial charge in [0.15, 0.2) is 0 Å². The quantitative estimate of drug-likeness (QED) is 0.844. The van der Waals surface area contributed by atoms with Crippen molar-refractivity contribution in [1.29, 1.82) is 0 Å². The number of thioether (sulfide) groups is 1. The highest BCUT2D eigenvalue weighted by Gasteiger charge is 2.26. The molecule has 1 fully saturated rings. The lowest BCUT2D eigenvalue weighted by molar-refractivity contribution is 0.0753. The topological polar surface area (TPSA) is 55.6 Å². The van der Waals surface area contributed by atoms with Gasteiger partial charge >= 0.3 is 0 Å². The molecule has 0 aliphatic carbocycles. The van der Waals surface area contributed by atoms with Crippen LogP contribution < -0.4 is 10.5 Å². The highest BCUT2D eigenvalue weighted by atomic mass is 32.2. The van der Waals surface area contributed by atoms with Gasteiger partial charge < -0.3 is 15.4 Å². The van der Waals surface area contributed by atoms with Crippen molar-refractivity contribution >= 4 is 23.4 Å². The molecule has 1 aromatic carbocycles. The van der Waals surface area contributed by atoms with Crippen molar-refractivity contribution < 1.29 is 9.53 Å². The molecule has 2 unspecified atom stereocenters. The molecular formula is C14H20N2O2S. The number of benzene rings is 1. The summed E-state index contributed by atoms with van der Waals surface area (Å²) in [6.45, 7) is 5.89. The van der Waals surface area contributed by atoms with E-state index in [1.54, 1.807) is 25.3 Å². The molecule has 0 bridgehead atoms. The van der Waals surface area contributed by atoms with E-state index < -0.39 is 0 Å². The van der Waals surface area contributed by atoms with E-state index in [0.717, 1.165) is 13.1 Å². The summed E-state index contributed by atoms with van der Waals surface area (Å²) >= 11 is 1.93. The van der Waals surface area contributed by atoms with E-state index in [1.807, 2.05) is 16.7 Å². The molecule has 0 radical (unpaired) electrons. The fraction of sp³-hybridized carbons (Fsp3) is 0.500. The maximum Gasteiger partial charge on any atom is 0.254 e. The second-order valence-corrected chi connectivity index (χ2v) is 6.81. The van der Waals surface area contributed by atoms with Crippen molar-refractivity contribution in [1.82, 2.24) is 4.90 Å². The van der Waals surface area contributed by atoms with Crippen LogP contribution in [0.25, 0.3) is 0 Å². The number of hydrogen-bond acceptors (Lipinski definition) is 4. The average molecular weight is 280 g/mol. The molecule has 4 nitrogen and oxygen atoms in total. The van der Waals surface area contributed by atoms with Crippen molar-refractivity contribution in [3.05, 3.63) is 23.8 Å². The molecule has 1 aromatic rings. The normalized spacial score (nSPS) is 23.2. The lowest BCUT2D eigenvalue weighted by atomic mass is 10.1. The van der Waals surface area contributed by atoms with E-state index in [1.165, 1.54) is 0 Å². The second-order valence-electron chi connectivity index (χ2n) is 4.92. The largest absolute Gasteiger partial charge is 0.495 e. The monoisotopic (exact) mass is 280 g/mol. The van der Waals surface area contributed by atoms with Gasteiger partial charge in [0.25, 0.3) is 5.91 Å². The summed E-state index contributed by atoms with van der Waals surface area (Å²) in [5.41, 5.74) is 6.98. The average Bonchev–Trinajstić information content (AvgIpc) is 2.36. The molecule has 0 saturated carbocycles. The van der Waals surface area contributed by atoms with Gasteiger partial charge in [-0.2, -0.15) is 11.8 Å². The van der Waals surface area contributed by atoms with Crippen LogP contribution in [0.15, 0.2) is 18.2 Å². The molecule has 2 N–H and O–H groups in total. The van der Waals surface area contributed by atoms with E-state index in [2.05, 4.69) is 13.8 Å². The van der Waals surface area contributed by atoms with Crippen LogP contribution in [0.5, 0.6) is 5.75 Å². The van der Waals surface area contributed by atoms with Crippen LogP contribution in [0.3, 0.4) is 0 Å². The molecule has 5 heteroatoms. The standard InChI is InChI=1S/C14H20N2O2S/c1-9-7-16(8-10(2)19-9)14(17)11-4-5-13(18-3)12(15)6-11/h4-6,9-10H,7-8,15H2,1-3H3. The first-order chi connectivity index (χ1) is 9.01. The summed E-state index contributed by atoms with van der Waals surface area (Å²) in [5.74, 6) is 0.654. The predicted octanol–water partition coefficient (Wildman–Crippen LogP) is 2.24. The number of nitrogens with two attached hydrogens (primary N) is 1. The molecule has 0 aromatic heterocycles. The van der Waals surface area contributed by atoms with Gasteiger partial charge in [-0.3, -0.25) is 4.79 Å². The fourth-order valence-electron chi connectivity index (χ4n) is 2.39. The predicted molar refractivity (Wildman–Crippen MR) is 79.8 cm³/mol. The van der Waals surface area contributed by atoms with Crippen LogP contribution in [0.4, 0.5) is 5.69 Å². The first kappa shape index (κ1) is 14.1. The number of anilines is 1.